The summed E-state index contributed by atoms with van der Waals surface area (Å²) in [6, 6.07) is 0. The fraction of sp³-hybridized carbons (Fsp3) is 0.889. The molecule has 0 spiro atoms. The third-order valence-electron chi connectivity index (χ3n) is 1.26. The Kier molecular flexibility index (Phi) is 5.14. The topological polar surface area (TPSA) is 38.3 Å². The maximum absolute atomic E-state index is 11.1. The molecule has 0 aliphatic carbocycles. The van der Waals surface area contributed by atoms with Crippen LogP contribution in [0, 0.1) is 5.92 Å². The molecule has 0 aromatic heterocycles. The fourth-order valence-electron chi connectivity index (χ4n) is 0.626. The average Bonchev–Trinajstić information content (AvgIpc) is 1.97. The first-order valence-corrected chi connectivity index (χ1v) is 4.91. The van der Waals surface area contributed by atoms with E-state index in [4.69, 9.17) is 16.3 Å². The molecule has 0 aromatic carbocycles. The molecule has 0 bridgehead atoms. The minimum absolute atomic E-state index is 0.272. The predicted molar refractivity (Wildman–Crippen MR) is 54.1 cm³/mol. The van der Waals surface area contributed by atoms with Gasteiger partial charge in [-0.15, -0.1) is 11.6 Å². The van der Waals surface area contributed by atoms with Gasteiger partial charge in [-0.1, -0.05) is 6.92 Å². The lowest BCUT2D eigenvalue weighted by atomic mass is 10.2. The van der Waals surface area contributed by atoms with Gasteiger partial charge in [0.1, 0.15) is 5.60 Å². The minimum atomic E-state index is -0.436. The zero-order valence-corrected chi connectivity index (χ0v) is 9.44. The molecule has 4 heteroatoms. The minimum Gasteiger partial charge on any atom is -0.444 e. The number of halogens is 1. The van der Waals surface area contributed by atoms with Crippen molar-refractivity contribution in [1.29, 1.82) is 0 Å². The SMILES string of the molecule is CC(CCl)CNC(=O)OC(C)(C)C. The summed E-state index contributed by atoms with van der Waals surface area (Å²) in [6.45, 7) is 8.01. The molecule has 0 saturated carbocycles. The standard InChI is InChI=1S/C9H18ClNO2/c1-7(5-10)6-11-8(12)13-9(2,3)4/h7H,5-6H2,1-4H3,(H,11,12). The number of alkyl carbamates (subject to hydrolysis) is 1. The van der Waals surface area contributed by atoms with Crippen molar-refractivity contribution in [3.8, 4) is 0 Å². The third-order valence-corrected chi connectivity index (χ3v) is 1.78. The van der Waals surface area contributed by atoms with E-state index in [0.29, 0.717) is 12.4 Å². The number of alkyl halides is 1. The second-order valence-electron chi connectivity index (χ2n) is 4.14. The third kappa shape index (κ3) is 7.91. The lowest BCUT2D eigenvalue weighted by Crippen LogP contribution is -2.35. The summed E-state index contributed by atoms with van der Waals surface area (Å²) < 4.78 is 5.04. The molecule has 1 amide bonds. The van der Waals surface area contributed by atoms with Crippen LogP contribution in [-0.4, -0.2) is 24.1 Å². The first-order valence-electron chi connectivity index (χ1n) is 4.38. The summed E-state index contributed by atoms with van der Waals surface area (Å²) in [6.07, 6.45) is -0.385. The van der Waals surface area contributed by atoms with Crippen molar-refractivity contribution in [3.63, 3.8) is 0 Å². The molecule has 0 rings (SSSR count). The quantitative estimate of drug-likeness (QED) is 0.722. The number of rotatable bonds is 3. The van der Waals surface area contributed by atoms with Crippen LogP contribution < -0.4 is 5.32 Å². The molecule has 1 unspecified atom stereocenters. The van der Waals surface area contributed by atoms with Gasteiger partial charge in [-0.2, -0.15) is 0 Å². The normalized spacial score (nSPS) is 13.6. The Labute approximate surface area is 84.8 Å². The number of carbonyl (C=O) groups excluding carboxylic acids is 1. The number of carbonyl (C=O) groups is 1. The first-order chi connectivity index (χ1) is 5.85. The van der Waals surface area contributed by atoms with E-state index in [1.54, 1.807) is 0 Å². The van der Waals surface area contributed by atoms with E-state index in [1.807, 2.05) is 27.7 Å². The van der Waals surface area contributed by atoms with Gasteiger partial charge in [-0.25, -0.2) is 4.79 Å². The van der Waals surface area contributed by atoms with Crippen molar-refractivity contribution >= 4 is 17.7 Å². The molecular weight excluding hydrogens is 190 g/mol. The Balaban J connectivity index is 3.64. The molecule has 1 N–H and O–H groups in total. The van der Waals surface area contributed by atoms with Crippen molar-refractivity contribution in [2.75, 3.05) is 12.4 Å². The van der Waals surface area contributed by atoms with Gasteiger partial charge < -0.3 is 10.1 Å². The van der Waals surface area contributed by atoms with Crippen LogP contribution in [0.4, 0.5) is 4.79 Å². The summed E-state index contributed by atoms with van der Waals surface area (Å²) in [5, 5.41) is 2.64. The van der Waals surface area contributed by atoms with Crippen molar-refractivity contribution in [1.82, 2.24) is 5.32 Å². The predicted octanol–water partition coefficient (Wildman–Crippen LogP) is 2.39. The largest absolute Gasteiger partial charge is 0.444 e. The second-order valence-corrected chi connectivity index (χ2v) is 4.45. The summed E-state index contributed by atoms with van der Waals surface area (Å²) in [5.74, 6) is 0.810. The van der Waals surface area contributed by atoms with Crippen LogP contribution in [0.5, 0.6) is 0 Å². The molecule has 0 aromatic rings. The van der Waals surface area contributed by atoms with Crippen molar-refractivity contribution < 1.29 is 9.53 Å². The van der Waals surface area contributed by atoms with E-state index in [2.05, 4.69) is 5.32 Å². The second kappa shape index (κ2) is 5.32. The van der Waals surface area contributed by atoms with Crippen LogP contribution in [0.2, 0.25) is 0 Å². The lowest BCUT2D eigenvalue weighted by molar-refractivity contribution is 0.0522. The van der Waals surface area contributed by atoms with E-state index < -0.39 is 5.60 Å². The molecule has 78 valence electrons. The van der Waals surface area contributed by atoms with Crippen molar-refractivity contribution in [2.45, 2.75) is 33.3 Å². The van der Waals surface area contributed by atoms with E-state index in [-0.39, 0.29) is 12.0 Å². The maximum atomic E-state index is 11.1. The monoisotopic (exact) mass is 207 g/mol. The molecule has 3 nitrogen and oxygen atoms in total. The van der Waals surface area contributed by atoms with Crippen LogP contribution in [0.25, 0.3) is 0 Å². The summed E-state index contributed by atoms with van der Waals surface area (Å²) in [7, 11) is 0. The molecule has 0 heterocycles. The van der Waals surface area contributed by atoms with Gasteiger partial charge in [0.2, 0.25) is 0 Å². The first kappa shape index (κ1) is 12.6. The Morgan fingerprint density at radius 1 is 1.54 bits per heavy atom. The molecular formula is C9H18ClNO2. The zero-order chi connectivity index (χ0) is 10.5. The highest BCUT2D eigenvalue weighted by atomic mass is 35.5. The van der Waals surface area contributed by atoms with Crippen molar-refractivity contribution in [2.24, 2.45) is 5.92 Å². The summed E-state index contributed by atoms with van der Waals surface area (Å²) in [5.41, 5.74) is -0.436. The molecule has 0 aliphatic heterocycles. The van der Waals surface area contributed by atoms with Gasteiger partial charge in [0.15, 0.2) is 0 Å². The van der Waals surface area contributed by atoms with Crippen molar-refractivity contribution in [3.05, 3.63) is 0 Å². The van der Waals surface area contributed by atoms with Crippen LogP contribution in [0.1, 0.15) is 27.7 Å². The Bertz CT molecular complexity index is 165. The Hall–Kier alpha value is -0.440. The molecule has 0 fully saturated rings. The van der Waals surface area contributed by atoms with Crippen LogP contribution in [0.15, 0.2) is 0 Å². The lowest BCUT2D eigenvalue weighted by Gasteiger charge is -2.20. The molecule has 13 heavy (non-hydrogen) atoms. The zero-order valence-electron chi connectivity index (χ0n) is 8.69. The molecule has 0 aliphatic rings. The van der Waals surface area contributed by atoms with Crippen LogP contribution in [-0.2, 0) is 4.74 Å². The number of ether oxygens (including phenoxy) is 1. The van der Waals surface area contributed by atoms with Gasteiger partial charge >= 0.3 is 6.09 Å². The highest BCUT2D eigenvalue weighted by molar-refractivity contribution is 6.18. The summed E-state index contributed by atoms with van der Waals surface area (Å²) in [4.78, 5) is 11.1. The molecule has 0 radical (unpaired) electrons. The summed E-state index contributed by atoms with van der Waals surface area (Å²) >= 11 is 5.58. The Morgan fingerprint density at radius 3 is 2.46 bits per heavy atom. The van der Waals surface area contributed by atoms with Crippen LogP contribution in [0.3, 0.4) is 0 Å². The van der Waals surface area contributed by atoms with E-state index in [1.165, 1.54) is 0 Å². The Morgan fingerprint density at radius 2 is 2.08 bits per heavy atom. The van der Waals surface area contributed by atoms with E-state index >= 15 is 0 Å². The van der Waals surface area contributed by atoms with Gasteiger partial charge in [-0.05, 0) is 26.7 Å². The van der Waals surface area contributed by atoms with E-state index in [0.717, 1.165) is 0 Å². The molecule has 1 atom stereocenters. The van der Waals surface area contributed by atoms with E-state index in [9.17, 15) is 4.79 Å². The maximum Gasteiger partial charge on any atom is 0.407 e. The molecule has 0 saturated heterocycles. The van der Waals surface area contributed by atoms with Crippen LogP contribution >= 0.6 is 11.6 Å². The van der Waals surface area contributed by atoms with Gasteiger partial charge in [0.05, 0.1) is 0 Å². The fourth-order valence-corrected chi connectivity index (χ4v) is 0.735. The number of hydrogen-bond acceptors (Lipinski definition) is 2. The smallest absolute Gasteiger partial charge is 0.407 e. The number of nitrogens with one attached hydrogen (secondary N) is 1. The number of amides is 1. The van der Waals surface area contributed by atoms with Gasteiger partial charge in [0, 0.05) is 12.4 Å². The van der Waals surface area contributed by atoms with Gasteiger partial charge in [0.25, 0.3) is 0 Å². The highest BCUT2D eigenvalue weighted by Gasteiger charge is 2.15. The van der Waals surface area contributed by atoms with Gasteiger partial charge in [-0.3, -0.25) is 0 Å². The highest BCUT2D eigenvalue weighted by Crippen LogP contribution is 2.06. The average molecular weight is 208 g/mol. The number of hydrogen-bond donors (Lipinski definition) is 1.